The molecule has 0 fully saturated rings. The number of fused-ring (bicyclic) bond motifs is 1. The molecule has 24 heavy (non-hydrogen) atoms. The largest absolute Gasteiger partial charge is 1.00 e. The predicted molar refractivity (Wildman–Crippen MR) is 79.2 cm³/mol. The zero-order valence-electron chi connectivity index (χ0n) is 12.4. The van der Waals surface area contributed by atoms with Gasteiger partial charge in [0.1, 0.15) is 37.5 Å². The molecular weight excluding hydrogens is 347 g/mol. The van der Waals surface area contributed by atoms with Crippen molar-refractivity contribution in [3.8, 4) is 22.8 Å². The van der Waals surface area contributed by atoms with Crippen molar-refractivity contribution in [2.24, 2.45) is 0 Å². The fourth-order valence-corrected chi connectivity index (χ4v) is 2.92. The maximum absolute atomic E-state index is 12.2. The minimum Gasteiger partial charge on any atom is -0.744 e. The van der Waals surface area contributed by atoms with Crippen LogP contribution in [0.2, 0.25) is 0 Å². The molecule has 0 saturated carbocycles. The number of aromatic hydroxyl groups is 2. The van der Waals surface area contributed by atoms with Crippen LogP contribution in [0, 0.1) is 0 Å². The smallest absolute Gasteiger partial charge is 0.744 e. The normalized spacial score (nSPS) is 11.2. The van der Waals surface area contributed by atoms with Gasteiger partial charge in [-0.2, -0.15) is 0 Å². The Bertz CT molecular complexity index is 1070. The first-order valence-corrected chi connectivity index (χ1v) is 7.74. The fourth-order valence-electron chi connectivity index (χ4n) is 2.26. The van der Waals surface area contributed by atoms with Gasteiger partial charge >= 0.3 is 29.6 Å². The van der Waals surface area contributed by atoms with E-state index in [1.165, 1.54) is 0 Å². The van der Waals surface area contributed by atoms with Gasteiger partial charge < -0.3 is 19.2 Å². The molecule has 3 rings (SSSR count). The Kier molecular flexibility index (Phi) is 5.07. The molecule has 0 aliphatic heterocycles. The van der Waals surface area contributed by atoms with E-state index in [0.717, 1.165) is 12.1 Å². The van der Waals surface area contributed by atoms with Gasteiger partial charge in [-0.3, -0.25) is 4.79 Å². The summed E-state index contributed by atoms with van der Waals surface area (Å²) in [6.07, 6.45) is 0. The molecule has 7 nitrogen and oxygen atoms in total. The van der Waals surface area contributed by atoms with Crippen molar-refractivity contribution in [3.05, 3.63) is 52.7 Å². The summed E-state index contributed by atoms with van der Waals surface area (Å²) in [7, 11) is -5.17. The first-order chi connectivity index (χ1) is 10.8. The van der Waals surface area contributed by atoms with E-state index in [1.807, 2.05) is 0 Å². The van der Waals surface area contributed by atoms with E-state index in [9.17, 15) is 28.0 Å². The summed E-state index contributed by atoms with van der Waals surface area (Å²) in [4.78, 5) is 10.9. The van der Waals surface area contributed by atoms with E-state index in [1.54, 1.807) is 30.3 Å². The minimum absolute atomic E-state index is 0. The second-order valence-electron chi connectivity index (χ2n) is 4.74. The number of phenols is 2. The third-order valence-corrected chi connectivity index (χ3v) is 4.14. The molecule has 0 bridgehead atoms. The van der Waals surface area contributed by atoms with Gasteiger partial charge in [-0.25, -0.2) is 8.42 Å². The second kappa shape index (κ2) is 6.58. The molecule has 3 aromatic rings. The Balaban J connectivity index is 0.00000208. The molecule has 0 unspecified atom stereocenters. The van der Waals surface area contributed by atoms with E-state index in [2.05, 4.69) is 0 Å². The third kappa shape index (κ3) is 3.19. The molecule has 0 atom stereocenters. The second-order valence-corrected chi connectivity index (χ2v) is 6.06. The van der Waals surface area contributed by atoms with Crippen molar-refractivity contribution in [1.29, 1.82) is 0 Å². The molecule has 1 heterocycles. The molecule has 0 spiro atoms. The van der Waals surface area contributed by atoms with Crippen LogP contribution in [0.3, 0.4) is 0 Å². The summed E-state index contributed by atoms with van der Waals surface area (Å²) >= 11 is 0. The average molecular weight is 356 g/mol. The molecule has 0 radical (unpaired) electrons. The Hall–Kier alpha value is -1.84. The van der Waals surface area contributed by atoms with Gasteiger partial charge in [-0.15, -0.1) is 0 Å². The van der Waals surface area contributed by atoms with Crippen LogP contribution in [0.25, 0.3) is 22.3 Å². The van der Waals surface area contributed by atoms with E-state index in [0.29, 0.717) is 5.56 Å². The van der Waals surface area contributed by atoms with E-state index in [-0.39, 0.29) is 40.9 Å². The first-order valence-electron chi connectivity index (χ1n) is 6.33. The van der Waals surface area contributed by atoms with Crippen LogP contribution in [0.4, 0.5) is 0 Å². The summed E-state index contributed by atoms with van der Waals surface area (Å²) in [5.41, 5.74) is -0.405. The average Bonchev–Trinajstić information content (AvgIpc) is 2.45. The van der Waals surface area contributed by atoms with E-state index < -0.39 is 37.3 Å². The number of hydrogen-bond acceptors (Lipinski definition) is 7. The summed E-state index contributed by atoms with van der Waals surface area (Å²) in [5.74, 6) is -1.94. The van der Waals surface area contributed by atoms with Gasteiger partial charge in [-0.05, 0) is 0 Å². The number of hydrogen-bond donors (Lipinski definition) is 2. The Morgan fingerprint density at radius 1 is 1.04 bits per heavy atom. The van der Waals surface area contributed by atoms with Crippen molar-refractivity contribution in [1.82, 2.24) is 0 Å². The third-order valence-electron chi connectivity index (χ3n) is 3.24. The summed E-state index contributed by atoms with van der Waals surface area (Å²) in [6, 6.07) is 10.5. The Labute approximate surface area is 158 Å². The topological polar surface area (TPSA) is 128 Å². The maximum Gasteiger partial charge on any atom is 1.00 e. The Morgan fingerprint density at radius 2 is 1.67 bits per heavy atom. The van der Waals surface area contributed by atoms with Crippen LogP contribution < -0.4 is 35.0 Å². The van der Waals surface area contributed by atoms with Crippen LogP contribution in [-0.2, 0) is 10.1 Å². The van der Waals surface area contributed by atoms with Gasteiger partial charge in [0.05, 0.1) is 0 Å². The molecule has 0 amide bonds. The standard InChI is InChI=1S/C15H10O7S.Na/c16-9-6-11(8-4-2-1-3-5-8)22-12-7-10(17)15(23(19,20)21)14(18)13(9)12;/h1-7,17-18H,(H,19,20,21);/q;+1/p-1. The molecule has 0 aliphatic rings. The minimum atomic E-state index is -5.17. The SMILES string of the molecule is O=c1cc(-c2ccccc2)oc2cc(O)c(S(=O)(=O)[O-])c(O)c12.[Na+]. The fraction of sp³-hybridized carbons (Fsp3) is 0. The van der Waals surface area contributed by atoms with Crippen molar-refractivity contribution in [2.45, 2.75) is 4.90 Å². The van der Waals surface area contributed by atoms with Gasteiger partial charge in [-0.1, -0.05) is 30.3 Å². The van der Waals surface area contributed by atoms with Crippen LogP contribution >= 0.6 is 0 Å². The molecule has 1 aromatic heterocycles. The van der Waals surface area contributed by atoms with Gasteiger partial charge in [0.2, 0.25) is 0 Å². The van der Waals surface area contributed by atoms with Crippen LogP contribution in [-0.4, -0.2) is 23.2 Å². The zero-order valence-corrected chi connectivity index (χ0v) is 15.2. The Morgan fingerprint density at radius 3 is 2.25 bits per heavy atom. The van der Waals surface area contributed by atoms with Crippen molar-refractivity contribution < 1.29 is 57.2 Å². The maximum atomic E-state index is 12.2. The van der Waals surface area contributed by atoms with E-state index >= 15 is 0 Å². The molecular formula is C15H9NaO7S. The van der Waals surface area contributed by atoms with Crippen molar-refractivity contribution in [2.75, 3.05) is 0 Å². The van der Waals surface area contributed by atoms with Gasteiger partial charge in [0, 0.05) is 17.7 Å². The van der Waals surface area contributed by atoms with Crippen LogP contribution in [0.5, 0.6) is 11.5 Å². The first kappa shape index (κ1) is 18.5. The van der Waals surface area contributed by atoms with Gasteiger partial charge in [0.15, 0.2) is 11.2 Å². The van der Waals surface area contributed by atoms with Crippen LogP contribution in [0.15, 0.2) is 56.6 Å². The summed E-state index contributed by atoms with van der Waals surface area (Å²) in [5, 5.41) is 19.1. The molecule has 2 N–H and O–H groups in total. The molecule has 2 aromatic carbocycles. The van der Waals surface area contributed by atoms with Crippen LogP contribution in [0.1, 0.15) is 0 Å². The molecule has 0 saturated heterocycles. The number of phenolic OH excluding ortho intramolecular Hbond substituents is 2. The van der Waals surface area contributed by atoms with Gasteiger partial charge in [0.25, 0.3) is 0 Å². The quantitative estimate of drug-likeness (QED) is 0.435. The van der Waals surface area contributed by atoms with Crippen molar-refractivity contribution >= 4 is 21.1 Å². The number of benzene rings is 2. The molecule has 118 valence electrons. The monoisotopic (exact) mass is 356 g/mol. The summed E-state index contributed by atoms with van der Waals surface area (Å²) in [6.45, 7) is 0. The van der Waals surface area contributed by atoms with E-state index in [4.69, 9.17) is 4.42 Å². The summed E-state index contributed by atoms with van der Waals surface area (Å²) < 4.78 is 38.8. The van der Waals surface area contributed by atoms with Crippen molar-refractivity contribution in [3.63, 3.8) is 0 Å². The zero-order chi connectivity index (χ0) is 16.8. The predicted octanol–water partition coefficient (Wildman–Crippen LogP) is -1.22. The number of rotatable bonds is 2. The molecule has 9 heteroatoms. The molecule has 0 aliphatic carbocycles.